The molecule has 0 aromatic heterocycles. The van der Waals surface area contributed by atoms with Crippen LogP contribution in [0.2, 0.25) is 0 Å². The quantitative estimate of drug-likeness (QED) is 0.747. The Morgan fingerprint density at radius 2 is 1.89 bits per heavy atom. The fourth-order valence-electron chi connectivity index (χ4n) is 3.22. The van der Waals surface area contributed by atoms with E-state index in [2.05, 4.69) is 17.2 Å². The van der Waals surface area contributed by atoms with Crippen molar-refractivity contribution in [2.24, 2.45) is 5.92 Å². The van der Waals surface area contributed by atoms with Gasteiger partial charge in [-0.3, -0.25) is 9.69 Å². The first kappa shape index (κ1) is 20.2. The van der Waals surface area contributed by atoms with Gasteiger partial charge < -0.3 is 10.1 Å². The number of carbonyl (C=O) groups excluding carboxylic acids is 2. The average molecular weight is 405 g/mol. The standard InChI is InChI=1S/C19H23N3O5S/c1-28(25,26)21-11-8-16(9-12-21)18(23)20-10-2-3-15-4-6-17(7-5-15)22-13-14-27-19(22)24/h4-7,16H,8-14H2,1H3,(H,20,23). The molecule has 0 unspecified atom stereocenters. The number of carbonyl (C=O) groups is 2. The first-order valence-corrected chi connectivity index (χ1v) is 11.0. The summed E-state index contributed by atoms with van der Waals surface area (Å²) in [6, 6.07) is 7.25. The van der Waals surface area contributed by atoms with Gasteiger partial charge in [-0.05, 0) is 37.1 Å². The maximum atomic E-state index is 12.2. The fraction of sp³-hybridized carbons (Fsp3) is 0.474. The second-order valence-electron chi connectivity index (χ2n) is 6.77. The molecule has 0 saturated carbocycles. The SMILES string of the molecule is CS(=O)(=O)N1CCC(C(=O)NCC#Cc2ccc(N3CCOC3=O)cc2)CC1. The van der Waals surface area contributed by atoms with Gasteiger partial charge in [0.25, 0.3) is 0 Å². The van der Waals surface area contributed by atoms with Crippen molar-refractivity contribution in [3.05, 3.63) is 29.8 Å². The van der Waals surface area contributed by atoms with E-state index in [1.54, 1.807) is 4.90 Å². The number of amides is 2. The summed E-state index contributed by atoms with van der Waals surface area (Å²) in [6.45, 7) is 1.91. The molecule has 2 fully saturated rings. The second-order valence-corrected chi connectivity index (χ2v) is 8.75. The van der Waals surface area contributed by atoms with Crippen LogP contribution in [0.5, 0.6) is 0 Å². The number of sulfonamides is 1. The zero-order valence-electron chi connectivity index (χ0n) is 15.7. The summed E-state index contributed by atoms with van der Waals surface area (Å²) in [7, 11) is -3.19. The number of hydrogen-bond acceptors (Lipinski definition) is 5. The van der Waals surface area contributed by atoms with Crippen LogP contribution in [-0.2, 0) is 19.6 Å². The number of ether oxygens (including phenoxy) is 1. The predicted molar refractivity (Wildman–Crippen MR) is 104 cm³/mol. The van der Waals surface area contributed by atoms with E-state index < -0.39 is 10.0 Å². The van der Waals surface area contributed by atoms with Crippen molar-refractivity contribution in [3.63, 3.8) is 0 Å². The number of nitrogens with one attached hydrogen (secondary N) is 1. The predicted octanol–water partition coefficient (Wildman–Crippen LogP) is 0.783. The van der Waals surface area contributed by atoms with Crippen LogP contribution >= 0.6 is 0 Å². The van der Waals surface area contributed by atoms with Gasteiger partial charge in [0.15, 0.2) is 0 Å². The van der Waals surface area contributed by atoms with Crippen LogP contribution < -0.4 is 10.2 Å². The summed E-state index contributed by atoms with van der Waals surface area (Å²) in [4.78, 5) is 25.3. The third kappa shape index (κ3) is 5.03. The molecule has 150 valence electrons. The van der Waals surface area contributed by atoms with Gasteiger partial charge in [-0.25, -0.2) is 17.5 Å². The third-order valence-electron chi connectivity index (χ3n) is 4.82. The lowest BCUT2D eigenvalue weighted by Gasteiger charge is -2.29. The Balaban J connectivity index is 1.45. The van der Waals surface area contributed by atoms with Gasteiger partial charge in [-0.15, -0.1) is 0 Å². The number of nitrogens with zero attached hydrogens (tertiary/aromatic N) is 2. The highest BCUT2D eigenvalue weighted by Gasteiger charge is 2.28. The zero-order valence-corrected chi connectivity index (χ0v) is 16.5. The van der Waals surface area contributed by atoms with Crippen LogP contribution in [0.15, 0.2) is 24.3 Å². The Bertz CT molecular complexity index is 894. The molecule has 1 aromatic carbocycles. The summed E-state index contributed by atoms with van der Waals surface area (Å²) in [5, 5.41) is 2.79. The zero-order chi connectivity index (χ0) is 20.1. The summed E-state index contributed by atoms with van der Waals surface area (Å²) < 4.78 is 29.3. The number of rotatable bonds is 4. The first-order chi connectivity index (χ1) is 13.3. The average Bonchev–Trinajstić information content (AvgIpc) is 3.11. The van der Waals surface area contributed by atoms with Crippen LogP contribution in [0.3, 0.4) is 0 Å². The summed E-state index contributed by atoms with van der Waals surface area (Å²) >= 11 is 0. The maximum absolute atomic E-state index is 12.2. The number of hydrogen-bond donors (Lipinski definition) is 1. The molecule has 0 aliphatic carbocycles. The van der Waals surface area contributed by atoms with Crippen LogP contribution in [-0.4, -0.2) is 63.8 Å². The smallest absolute Gasteiger partial charge is 0.414 e. The molecule has 2 amide bonds. The molecule has 2 aliphatic heterocycles. The normalized spacial score (nSPS) is 18.3. The van der Waals surface area contributed by atoms with Crippen molar-refractivity contribution < 1.29 is 22.7 Å². The minimum absolute atomic E-state index is 0.0923. The van der Waals surface area contributed by atoms with E-state index in [9.17, 15) is 18.0 Å². The molecule has 0 atom stereocenters. The summed E-state index contributed by atoms with van der Waals surface area (Å²) in [6.07, 6.45) is 1.88. The Labute approximate surface area is 164 Å². The molecular formula is C19H23N3O5S. The summed E-state index contributed by atoms with van der Waals surface area (Å²) in [5.41, 5.74) is 1.55. The van der Waals surface area contributed by atoms with Gasteiger partial charge in [0.05, 0.1) is 19.3 Å². The lowest BCUT2D eigenvalue weighted by atomic mass is 9.97. The molecule has 3 rings (SSSR count). The van der Waals surface area contributed by atoms with Gasteiger partial charge in [-0.2, -0.15) is 0 Å². The Morgan fingerprint density at radius 3 is 2.46 bits per heavy atom. The monoisotopic (exact) mass is 405 g/mol. The van der Waals surface area contributed by atoms with E-state index in [4.69, 9.17) is 4.74 Å². The van der Waals surface area contributed by atoms with Crippen LogP contribution in [0.4, 0.5) is 10.5 Å². The fourth-order valence-corrected chi connectivity index (χ4v) is 4.10. The minimum Gasteiger partial charge on any atom is -0.447 e. The van der Waals surface area contributed by atoms with Gasteiger partial charge in [0, 0.05) is 30.3 Å². The minimum atomic E-state index is -3.19. The van der Waals surface area contributed by atoms with Crippen molar-refractivity contribution in [3.8, 4) is 11.8 Å². The first-order valence-electron chi connectivity index (χ1n) is 9.10. The topological polar surface area (TPSA) is 96.0 Å². The third-order valence-corrected chi connectivity index (χ3v) is 6.12. The van der Waals surface area contributed by atoms with Crippen LogP contribution in [0, 0.1) is 17.8 Å². The van der Waals surface area contributed by atoms with E-state index in [0.29, 0.717) is 39.1 Å². The Kier molecular flexibility index (Phi) is 6.21. The molecule has 9 heteroatoms. The van der Waals surface area contributed by atoms with Crippen LogP contribution in [0.1, 0.15) is 18.4 Å². The molecule has 2 heterocycles. The highest BCUT2D eigenvalue weighted by Crippen LogP contribution is 2.20. The van der Waals surface area contributed by atoms with Gasteiger partial charge in [0.2, 0.25) is 15.9 Å². The van der Waals surface area contributed by atoms with Gasteiger partial charge >= 0.3 is 6.09 Å². The lowest BCUT2D eigenvalue weighted by Crippen LogP contribution is -2.42. The maximum Gasteiger partial charge on any atom is 0.414 e. The van der Waals surface area contributed by atoms with E-state index in [-0.39, 0.29) is 24.5 Å². The van der Waals surface area contributed by atoms with Crippen LogP contribution in [0.25, 0.3) is 0 Å². The lowest BCUT2D eigenvalue weighted by molar-refractivity contribution is -0.125. The van der Waals surface area contributed by atoms with E-state index in [1.165, 1.54) is 10.6 Å². The van der Waals surface area contributed by atoms with Crippen molar-refractivity contribution in [1.82, 2.24) is 9.62 Å². The number of cyclic esters (lactones) is 1. The van der Waals surface area contributed by atoms with E-state index >= 15 is 0 Å². The van der Waals surface area contributed by atoms with Crippen molar-refractivity contribution in [1.29, 1.82) is 0 Å². The largest absolute Gasteiger partial charge is 0.447 e. The molecule has 8 nitrogen and oxygen atoms in total. The summed E-state index contributed by atoms with van der Waals surface area (Å²) in [5.74, 6) is 5.61. The highest BCUT2D eigenvalue weighted by molar-refractivity contribution is 7.88. The molecule has 1 N–H and O–H groups in total. The van der Waals surface area contributed by atoms with Gasteiger partial charge in [-0.1, -0.05) is 11.8 Å². The van der Waals surface area contributed by atoms with Crippen molar-refractivity contribution in [2.45, 2.75) is 12.8 Å². The number of anilines is 1. The highest BCUT2D eigenvalue weighted by atomic mass is 32.2. The number of piperidine rings is 1. The molecule has 2 saturated heterocycles. The number of benzene rings is 1. The molecule has 0 bridgehead atoms. The molecule has 0 spiro atoms. The van der Waals surface area contributed by atoms with Crippen molar-refractivity contribution >= 4 is 27.7 Å². The molecule has 2 aliphatic rings. The molecule has 1 aromatic rings. The molecule has 0 radical (unpaired) electrons. The van der Waals surface area contributed by atoms with E-state index in [1.807, 2.05) is 24.3 Å². The van der Waals surface area contributed by atoms with Crippen molar-refractivity contribution in [2.75, 3.05) is 43.9 Å². The molecule has 28 heavy (non-hydrogen) atoms. The molecular weight excluding hydrogens is 382 g/mol. The van der Waals surface area contributed by atoms with E-state index in [0.717, 1.165) is 11.3 Å². The Hall–Kier alpha value is -2.57. The Morgan fingerprint density at radius 1 is 1.21 bits per heavy atom. The second kappa shape index (κ2) is 8.63. The van der Waals surface area contributed by atoms with Gasteiger partial charge in [0.1, 0.15) is 6.61 Å².